The van der Waals surface area contributed by atoms with Gasteiger partial charge in [-0.15, -0.1) is 0 Å². The van der Waals surface area contributed by atoms with Crippen molar-refractivity contribution in [2.75, 3.05) is 30.2 Å². The van der Waals surface area contributed by atoms with Crippen LogP contribution >= 0.6 is 23.2 Å². The van der Waals surface area contributed by atoms with Gasteiger partial charge in [-0.25, -0.2) is 8.42 Å². The predicted molar refractivity (Wildman–Crippen MR) is 138 cm³/mol. The molecule has 0 aliphatic rings. The summed E-state index contributed by atoms with van der Waals surface area (Å²) in [5, 5.41) is 3.29. The Hall–Kier alpha value is -2.29. The highest BCUT2D eigenvalue weighted by molar-refractivity contribution is 7.92. The van der Waals surface area contributed by atoms with Crippen LogP contribution in [0.3, 0.4) is 0 Å². The van der Waals surface area contributed by atoms with Crippen LogP contribution < -0.4 is 9.62 Å². The standard InChI is InChI=1S/C24H31Cl2N3O4S/c1-17(2)15-27-24(31)18(3)28(13-12-19-8-6-5-7-9-19)23(30)16-29(34(4,32)33)22-11-10-20(25)14-21(22)26/h5-11,14,17-18H,12-13,15-16H2,1-4H3,(H,27,31)/t18-/m1/s1. The van der Waals surface area contributed by atoms with Crippen molar-refractivity contribution in [1.29, 1.82) is 0 Å². The smallest absolute Gasteiger partial charge is 0.244 e. The van der Waals surface area contributed by atoms with Gasteiger partial charge in [-0.1, -0.05) is 67.4 Å². The Balaban J connectivity index is 2.32. The molecule has 0 saturated carbocycles. The molecule has 0 radical (unpaired) electrons. The fourth-order valence-corrected chi connectivity index (χ4v) is 4.72. The monoisotopic (exact) mass is 527 g/mol. The number of nitrogens with zero attached hydrogens (tertiary/aromatic N) is 2. The lowest BCUT2D eigenvalue weighted by atomic mass is 10.1. The first-order chi connectivity index (χ1) is 15.9. The largest absolute Gasteiger partial charge is 0.354 e. The number of carbonyl (C=O) groups excluding carboxylic acids is 2. The number of sulfonamides is 1. The van der Waals surface area contributed by atoms with Crippen LogP contribution in [0.4, 0.5) is 5.69 Å². The quantitative estimate of drug-likeness (QED) is 0.478. The minimum absolute atomic E-state index is 0.101. The van der Waals surface area contributed by atoms with Gasteiger partial charge in [-0.2, -0.15) is 0 Å². The van der Waals surface area contributed by atoms with Crippen LogP contribution in [0.5, 0.6) is 0 Å². The summed E-state index contributed by atoms with van der Waals surface area (Å²) in [5.74, 6) is -0.567. The summed E-state index contributed by atoms with van der Waals surface area (Å²) in [6, 6.07) is 13.1. The maximum atomic E-state index is 13.4. The molecule has 186 valence electrons. The second-order valence-corrected chi connectivity index (χ2v) is 11.3. The van der Waals surface area contributed by atoms with Crippen molar-refractivity contribution >= 4 is 50.7 Å². The molecule has 2 aromatic carbocycles. The topological polar surface area (TPSA) is 86.8 Å². The molecule has 10 heteroatoms. The highest BCUT2D eigenvalue weighted by Gasteiger charge is 2.30. The predicted octanol–water partition coefficient (Wildman–Crippen LogP) is 3.99. The zero-order chi connectivity index (χ0) is 25.5. The summed E-state index contributed by atoms with van der Waals surface area (Å²) >= 11 is 12.2. The third kappa shape index (κ3) is 8.18. The average molecular weight is 529 g/mol. The Morgan fingerprint density at radius 1 is 1.03 bits per heavy atom. The lowest BCUT2D eigenvalue weighted by molar-refractivity contribution is -0.138. The molecular formula is C24H31Cl2N3O4S. The Kier molecular flexibility index (Phi) is 10.2. The van der Waals surface area contributed by atoms with Crippen molar-refractivity contribution in [2.24, 2.45) is 5.92 Å². The van der Waals surface area contributed by atoms with Crippen molar-refractivity contribution in [3.8, 4) is 0 Å². The summed E-state index contributed by atoms with van der Waals surface area (Å²) < 4.78 is 26.1. The van der Waals surface area contributed by atoms with Crippen LogP contribution in [0, 0.1) is 5.92 Å². The first kappa shape index (κ1) is 28.0. The molecular weight excluding hydrogens is 497 g/mol. The number of rotatable bonds is 11. The minimum Gasteiger partial charge on any atom is -0.354 e. The first-order valence-corrected chi connectivity index (χ1v) is 13.5. The lowest BCUT2D eigenvalue weighted by Gasteiger charge is -2.31. The molecule has 0 fully saturated rings. The number of amides is 2. The number of halogens is 2. The van der Waals surface area contributed by atoms with E-state index in [0.29, 0.717) is 18.0 Å². The van der Waals surface area contributed by atoms with Crippen LogP contribution in [-0.2, 0) is 26.0 Å². The van der Waals surface area contributed by atoms with E-state index in [1.54, 1.807) is 6.92 Å². The Morgan fingerprint density at radius 2 is 1.68 bits per heavy atom. The van der Waals surface area contributed by atoms with Crippen molar-refractivity contribution < 1.29 is 18.0 Å². The molecule has 0 aromatic heterocycles. The number of benzene rings is 2. The van der Waals surface area contributed by atoms with Gasteiger partial charge < -0.3 is 10.2 Å². The molecule has 0 unspecified atom stereocenters. The molecule has 0 saturated heterocycles. The number of hydrogen-bond donors (Lipinski definition) is 1. The fraction of sp³-hybridized carbons (Fsp3) is 0.417. The number of anilines is 1. The molecule has 0 spiro atoms. The second kappa shape index (κ2) is 12.4. The average Bonchev–Trinajstić information content (AvgIpc) is 2.76. The summed E-state index contributed by atoms with van der Waals surface area (Å²) in [6.45, 7) is 5.80. The molecule has 34 heavy (non-hydrogen) atoms. The van der Waals surface area contributed by atoms with E-state index in [1.807, 2.05) is 44.2 Å². The van der Waals surface area contributed by atoms with E-state index in [0.717, 1.165) is 16.1 Å². The number of carbonyl (C=O) groups is 2. The molecule has 0 bridgehead atoms. The van der Waals surface area contributed by atoms with Crippen LogP contribution in [0.1, 0.15) is 26.3 Å². The van der Waals surface area contributed by atoms with E-state index in [9.17, 15) is 18.0 Å². The van der Waals surface area contributed by atoms with Crippen molar-refractivity contribution in [1.82, 2.24) is 10.2 Å². The Morgan fingerprint density at radius 3 is 2.24 bits per heavy atom. The molecule has 7 nitrogen and oxygen atoms in total. The van der Waals surface area contributed by atoms with Gasteiger partial charge in [0.1, 0.15) is 12.6 Å². The molecule has 0 heterocycles. The van der Waals surface area contributed by atoms with Crippen LogP contribution in [0.15, 0.2) is 48.5 Å². The second-order valence-electron chi connectivity index (χ2n) is 8.50. The minimum atomic E-state index is -3.86. The Bertz CT molecular complexity index is 1090. The normalized spacial score (nSPS) is 12.3. The fourth-order valence-electron chi connectivity index (χ4n) is 3.30. The van der Waals surface area contributed by atoms with Gasteiger partial charge >= 0.3 is 0 Å². The summed E-state index contributed by atoms with van der Waals surface area (Å²) in [7, 11) is -3.86. The van der Waals surface area contributed by atoms with Gasteiger partial charge in [-0.05, 0) is 43.0 Å². The summed E-state index contributed by atoms with van der Waals surface area (Å²) in [6.07, 6.45) is 1.51. The summed E-state index contributed by atoms with van der Waals surface area (Å²) in [5.41, 5.74) is 1.14. The van der Waals surface area contributed by atoms with E-state index >= 15 is 0 Å². The molecule has 2 rings (SSSR count). The van der Waals surface area contributed by atoms with Crippen LogP contribution in [0.2, 0.25) is 10.0 Å². The SMILES string of the molecule is CC(C)CNC(=O)[C@@H](C)N(CCc1ccccc1)C(=O)CN(c1ccc(Cl)cc1Cl)S(C)(=O)=O. The van der Waals surface area contributed by atoms with Gasteiger partial charge in [-0.3, -0.25) is 13.9 Å². The maximum absolute atomic E-state index is 13.4. The molecule has 1 atom stereocenters. The Labute approximate surface area is 212 Å². The third-order valence-electron chi connectivity index (χ3n) is 5.19. The lowest BCUT2D eigenvalue weighted by Crippen LogP contribution is -2.52. The van der Waals surface area contributed by atoms with E-state index in [-0.39, 0.29) is 29.1 Å². The summed E-state index contributed by atoms with van der Waals surface area (Å²) in [4.78, 5) is 27.6. The van der Waals surface area contributed by atoms with E-state index in [1.165, 1.54) is 23.1 Å². The van der Waals surface area contributed by atoms with E-state index in [2.05, 4.69) is 5.32 Å². The zero-order valence-electron chi connectivity index (χ0n) is 19.8. The van der Waals surface area contributed by atoms with Crippen LogP contribution in [-0.4, -0.2) is 57.1 Å². The molecule has 2 aromatic rings. The van der Waals surface area contributed by atoms with Crippen molar-refractivity contribution in [3.05, 3.63) is 64.1 Å². The van der Waals surface area contributed by atoms with E-state index in [4.69, 9.17) is 23.2 Å². The van der Waals surface area contributed by atoms with Gasteiger partial charge in [0.05, 0.1) is 17.0 Å². The third-order valence-corrected chi connectivity index (χ3v) is 6.86. The van der Waals surface area contributed by atoms with Gasteiger partial charge in [0, 0.05) is 18.1 Å². The van der Waals surface area contributed by atoms with Gasteiger partial charge in [0.15, 0.2) is 0 Å². The van der Waals surface area contributed by atoms with E-state index < -0.39 is 28.5 Å². The van der Waals surface area contributed by atoms with Crippen LogP contribution in [0.25, 0.3) is 0 Å². The highest BCUT2D eigenvalue weighted by Crippen LogP contribution is 2.30. The van der Waals surface area contributed by atoms with Crippen molar-refractivity contribution in [2.45, 2.75) is 33.2 Å². The first-order valence-electron chi connectivity index (χ1n) is 10.9. The molecule has 2 amide bonds. The number of hydrogen-bond acceptors (Lipinski definition) is 4. The molecule has 1 N–H and O–H groups in total. The highest BCUT2D eigenvalue weighted by atomic mass is 35.5. The zero-order valence-corrected chi connectivity index (χ0v) is 22.1. The molecule has 0 aliphatic heterocycles. The maximum Gasteiger partial charge on any atom is 0.244 e. The number of nitrogens with one attached hydrogen (secondary N) is 1. The van der Waals surface area contributed by atoms with Gasteiger partial charge in [0.25, 0.3) is 0 Å². The molecule has 0 aliphatic carbocycles. The van der Waals surface area contributed by atoms with Gasteiger partial charge in [0.2, 0.25) is 21.8 Å². The van der Waals surface area contributed by atoms with Crippen molar-refractivity contribution in [3.63, 3.8) is 0 Å².